The van der Waals surface area contributed by atoms with Crippen molar-refractivity contribution < 1.29 is 49.5 Å². The van der Waals surface area contributed by atoms with Gasteiger partial charge in [0.25, 0.3) is 0 Å². The number of aromatic carboxylic acids is 1. The van der Waals surface area contributed by atoms with Crippen molar-refractivity contribution in [3.05, 3.63) is 29.8 Å². The second kappa shape index (κ2) is 8.67. The molecule has 1 atom stereocenters. The quantitative estimate of drug-likeness (QED) is 0.645. The van der Waals surface area contributed by atoms with Crippen LogP contribution in [0.4, 0.5) is 0 Å². The molecule has 1 aromatic rings. The van der Waals surface area contributed by atoms with E-state index in [1.54, 1.807) is 0 Å². The van der Waals surface area contributed by atoms with Gasteiger partial charge < -0.3 is 25.2 Å². The summed E-state index contributed by atoms with van der Waals surface area (Å²) in [5.41, 5.74) is 0.139. The number of benzene rings is 1. The fourth-order valence-corrected chi connectivity index (χ4v) is 0.598. The van der Waals surface area contributed by atoms with Gasteiger partial charge >= 0.3 is 25.4 Å². The first-order valence-electron chi connectivity index (χ1n) is 4.24. The van der Waals surface area contributed by atoms with Gasteiger partial charge in [-0.3, -0.25) is 0 Å². The van der Waals surface area contributed by atoms with Crippen molar-refractivity contribution >= 4 is 11.9 Å². The van der Waals surface area contributed by atoms with Gasteiger partial charge in [-0.2, -0.15) is 0 Å². The SMILES string of the molecule is CC(O)C(=O)[O-].O=C(O)c1ccc([O-])cc1.[Zn+2]. The Morgan fingerprint density at radius 1 is 1.24 bits per heavy atom. The van der Waals surface area contributed by atoms with E-state index in [4.69, 9.17) is 10.2 Å². The zero-order chi connectivity index (χ0) is 12.7. The summed E-state index contributed by atoms with van der Waals surface area (Å²) in [5, 5.41) is 36.1. The molecule has 0 heterocycles. The predicted octanol–water partition coefficient (Wildman–Crippen LogP) is -1.43. The van der Waals surface area contributed by atoms with Crippen molar-refractivity contribution in [1.82, 2.24) is 0 Å². The monoisotopic (exact) mass is 290 g/mol. The topological polar surface area (TPSA) is 121 Å². The third-order valence-corrected chi connectivity index (χ3v) is 1.44. The Kier molecular flexibility index (Phi) is 9.14. The van der Waals surface area contributed by atoms with Gasteiger partial charge in [0.1, 0.15) is 0 Å². The van der Waals surface area contributed by atoms with E-state index in [0.29, 0.717) is 0 Å². The van der Waals surface area contributed by atoms with Crippen LogP contribution in [0, 0.1) is 0 Å². The zero-order valence-corrected chi connectivity index (χ0v) is 12.1. The van der Waals surface area contributed by atoms with Crippen molar-refractivity contribution in [2.75, 3.05) is 0 Å². The van der Waals surface area contributed by atoms with Gasteiger partial charge in [-0.1, -0.05) is 12.1 Å². The first-order chi connectivity index (χ1) is 7.34. The fraction of sp³-hybridized carbons (Fsp3) is 0.200. The minimum absolute atomic E-state index is 0. The molecule has 7 heteroatoms. The van der Waals surface area contributed by atoms with Crippen LogP contribution in [0.5, 0.6) is 5.75 Å². The summed E-state index contributed by atoms with van der Waals surface area (Å²) >= 11 is 0. The Morgan fingerprint density at radius 2 is 1.59 bits per heavy atom. The minimum Gasteiger partial charge on any atom is -0.872 e. The van der Waals surface area contributed by atoms with E-state index in [1.165, 1.54) is 24.3 Å². The van der Waals surface area contributed by atoms with Crippen LogP contribution in [0.1, 0.15) is 17.3 Å². The van der Waals surface area contributed by atoms with Crippen LogP contribution in [0.2, 0.25) is 0 Å². The van der Waals surface area contributed by atoms with E-state index in [9.17, 15) is 19.8 Å². The van der Waals surface area contributed by atoms with Gasteiger partial charge in [-0.25, -0.2) is 4.79 Å². The van der Waals surface area contributed by atoms with E-state index in [-0.39, 0.29) is 30.8 Å². The van der Waals surface area contributed by atoms with Crippen LogP contribution in [-0.2, 0) is 24.3 Å². The van der Waals surface area contributed by atoms with Crippen molar-refractivity contribution in [3.63, 3.8) is 0 Å². The molecule has 0 saturated carbocycles. The summed E-state index contributed by atoms with van der Waals surface area (Å²) in [6.07, 6.45) is -1.34. The van der Waals surface area contributed by atoms with Crippen LogP contribution in [0.25, 0.3) is 0 Å². The molecule has 0 aromatic heterocycles. The Balaban J connectivity index is 0. The molecule has 0 radical (unpaired) electrons. The average molecular weight is 292 g/mol. The van der Waals surface area contributed by atoms with Gasteiger partial charge in [-0.05, 0) is 19.1 Å². The molecule has 1 aromatic carbocycles. The zero-order valence-electron chi connectivity index (χ0n) is 9.12. The smallest absolute Gasteiger partial charge is 0.872 e. The normalized spacial score (nSPS) is 10.2. The predicted molar refractivity (Wildman–Crippen MR) is 49.5 cm³/mol. The Morgan fingerprint density at radius 3 is 1.82 bits per heavy atom. The summed E-state index contributed by atoms with van der Waals surface area (Å²) in [7, 11) is 0. The van der Waals surface area contributed by atoms with Crippen molar-refractivity contribution in [3.8, 4) is 5.75 Å². The fourth-order valence-electron chi connectivity index (χ4n) is 0.598. The van der Waals surface area contributed by atoms with E-state index >= 15 is 0 Å². The summed E-state index contributed by atoms with van der Waals surface area (Å²) in [4.78, 5) is 19.5. The number of aliphatic hydroxyl groups excluding tert-OH is 1. The van der Waals surface area contributed by atoms with Gasteiger partial charge in [0.2, 0.25) is 0 Å². The van der Waals surface area contributed by atoms with Crippen molar-refractivity contribution in [1.29, 1.82) is 0 Å². The number of hydrogen-bond donors (Lipinski definition) is 2. The first-order valence-corrected chi connectivity index (χ1v) is 4.24. The number of rotatable bonds is 2. The number of carbonyl (C=O) groups excluding carboxylic acids is 1. The Bertz CT molecular complexity index is 360. The molecule has 88 valence electrons. The summed E-state index contributed by atoms with van der Waals surface area (Å²) < 4.78 is 0. The molecule has 0 spiro atoms. The van der Waals surface area contributed by atoms with Gasteiger partial charge in [-0.15, -0.1) is 5.75 Å². The maximum absolute atomic E-state index is 10.5. The summed E-state index contributed by atoms with van der Waals surface area (Å²) in [6.45, 7) is 1.13. The molecule has 0 aliphatic carbocycles. The van der Waals surface area contributed by atoms with Crippen LogP contribution < -0.4 is 10.2 Å². The Hall–Kier alpha value is -1.46. The summed E-state index contributed by atoms with van der Waals surface area (Å²) in [5.74, 6) is -2.62. The maximum Gasteiger partial charge on any atom is 2.00 e. The molecule has 1 unspecified atom stereocenters. The van der Waals surface area contributed by atoms with Gasteiger partial charge in [0, 0.05) is 0 Å². The molecular weight excluding hydrogens is 281 g/mol. The van der Waals surface area contributed by atoms with Crippen LogP contribution in [0.15, 0.2) is 24.3 Å². The largest absolute Gasteiger partial charge is 2.00 e. The molecule has 2 N–H and O–H groups in total. The molecule has 0 aliphatic rings. The first kappa shape index (κ1) is 17.9. The molecule has 0 bridgehead atoms. The maximum atomic E-state index is 10.5. The minimum atomic E-state index is -1.44. The standard InChI is InChI=1S/C7H6O3.C3H6O3.Zn/c8-6-3-1-5(2-4-6)7(9)10;1-2(4)3(5)6;/h1-4,8H,(H,9,10);2,4H,1H3,(H,5,6);/q;;+2/p-2. The molecular formula is C10H10O6Zn. The third-order valence-electron chi connectivity index (χ3n) is 1.44. The van der Waals surface area contributed by atoms with Gasteiger partial charge in [0.15, 0.2) is 0 Å². The number of carboxylic acid groups (broad SMARTS) is 2. The number of carboxylic acids is 2. The number of aliphatic carboxylic acids is 1. The van der Waals surface area contributed by atoms with E-state index in [1.807, 2.05) is 0 Å². The van der Waals surface area contributed by atoms with Crippen LogP contribution >= 0.6 is 0 Å². The van der Waals surface area contributed by atoms with Gasteiger partial charge in [0.05, 0.1) is 17.6 Å². The Labute approximate surface area is 110 Å². The number of carbonyl (C=O) groups is 2. The summed E-state index contributed by atoms with van der Waals surface area (Å²) in [6, 6.07) is 5.02. The molecule has 0 fully saturated rings. The molecule has 0 aliphatic heterocycles. The molecule has 0 amide bonds. The van der Waals surface area contributed by atoms with E-state index < -0.39 is 18.0 Å². The van der Waals surface area contributed by atoms with E-state index in [2.05, 4.69) is 0 Å². The average Bonchev–Trinajstić information content (AvgIpc) is 2.19. The molecule has 17 heavy (non-hydrogen) atoms. The molecule has 0 saturated heterocycles. The second-order valence-corrected chi connectivity index (χ2v) is 2.82. The number of hydrogen-bond acceptors (Lipinski definition) is 5. The molecule has 1 rings (SSSR count). The van der Waals surface area contributed by atoms with Crippen LogP contribution in [-0.4, -0.2) is 28.3 Å². The third kappa shape index (κ3) is 8.36. The van der Waals surface area contributed by atoms with Crippen molar-refractivity contribution in [2.24, 2.45) is 0 Å². The van der Waals surface area contributed by atoms with Crippen LogP contribution in [0.3, 0.4) is 0 Å². The molecule has 6 nitrogen and oxygen atoms in total. The van der Waals surface area contributed by atoms with E-state index in [0.717, 1.165) is 6.92 Å². The van der Waals surface area contributed by atoms with Crippen molar-refractivity contribution in [2.45, 2.75) is 13.0 Å². The second-order valence-electron chi connectivity index (χ2n) is 2.82. The number of aliphatic hydroxyl groups is 1.